The van der Waals surface area contributed by atoms with Gasteiger partial charge in [0.05, 0.1) is 6.10 Å². The number of ether oxygens (including phenoxy) is 1. The molecule has 2 nitrogen and oxygen atoms in total. The summed E-state index contributed by atoms with van der Waals surface area (Å²) in [5, 5.41) is 9.07. The van der Waals surface area contributed by atoms with Crippen LogP contribution in [0, 0.1) is 46.3 Å². The molecule has 0 aromatic heterocycles. The molecule has 4 aliphatic carbocycles. The zero-order valence-corrected chi connectivity index (χ0v) is 21.9. The van der Waals surface area contributed by atoms with Crippen LogP contribution >= 0.6 is 0 Å². The van der Waals surface area contributed by atoms with Gasteiger partial charge in [0.2, 0.25) is 0 Å². The van der Waals surface area contributed by atoms with Crippen LogP contribution in [0.4, 0.5) is 0 Å². The van der Waals surface area contributed by atoms with E-state index in [2.05, 4.69) is 40.7 Å². The van der Waals surface area contributed by atoms with Gasteiger partial charge in [0, 0.05) is 13.2 Å². The lowest BCUT2D eigenvalue weighted by Crippen LogP contribution is -2.51. The molecule has 0 heterocycles. The van der Waals surface area contributed by atoms with E-state index in [1.807, 2.05) is 0 Å². The van der Waals surface area contributed by atoms with Crippen molar-refractivity contribution in [2.75, 3.05) is 13.2 Å². The summed E-state index contributed by atoms with van der Waals surface area (Å²) < 4.78 is 6.13. The highest BCUT2D eigenvalue weighted by Crippen LogP contribution is 2.67. The molecule has 0 aromatic rings. The van der Waals surface area contributed by atoms with Gasteiger partial charge in [0.25, 0.3) is 0 Å². The first-order valence-corrected chi connectivity index (χ1v) is 14.2. The van der Waals surface area contributed by atoms with Gasteiger partial charge < -0.3 is 9.84 Å². The third-order valence-electron chi connectivity index (χ3n) is 10.9. The summed E-state index contributed by atoms with van der Waals surface area (Å²) in [6, 6.07) is 0. The SMILES string of the molecule is CC(C)CCC[C@@H](C)[C@H]1CC[C@H]2[C@@H]3CC=C4CC(OCCCO)CC[C@]4(C)[C@H]3CC[C@]12C. The van der Waals surface area contributed by atoms with Crippen LogP contribution in [0.2, 0.25) is 0 Å². The fraction of sp³-hybridized carbons (Fsp3) is 0.933. The van der Waals surface area contributed by atoms with Crippen molar-refractivity contribution in [2.24, 2.45) is 46.3 Å². The Bertz CT molecular complexity index is 653. The molecule has 3 saturated carbocycles. The topological polar surface area (TPSA) is 29.5 Å². The Kier molecular flexibility index (Phi) is 7.82. The van der Waals surface area contributed by atoms with Gasteiger partial charge in [0.1, 0.15) is 0 Å². The van der Waals surface area contributed by atoms with E-state index < -0.39 is 0 Å². The zero-order chi connectivity index (χ0) is 22.9. The van der Waals surface area contributed by atoms with Crippen LogP contribution in [0.15, 0.2) is 11.6 Å². The molecule has 2 heteroatoms. The van der Waals surface area contributed by atoms with Crippen molar-refractivity contribution in [2.45, 2.75) is 118 Å². The molecule has 1 N–H and O–H groups in total. The molecule has 0 spiro atoms. The standard InChI is InChI=1S/C30H52O2/c1-21(2)8-6-9-22(3)26-12-13-27-25-11-10-23-20-24(32-19-7-18-31)14-16-29(23,4)28(25)15-17-30(26,27)5/h10,21-22,24-28,31H,6-9,11-20H2,1-5H3/t22-,24?,25+,26-,27+,28+,29+,30-/m1/s1. The van der Waals surface area contributed by atoms with Crippen molar-refractivity contribution >= 4 is 0 Å². The maximum atomic E-state index is 9.07. The number of hydrogen-bond donors (Lipinski definition) is 1. The van der Waals surface area contributed by atoms with Crippen LogP contribution in [-0.4, -0.2) is 24.4 Å². The second-order valence-electron chi connectivity index (χ2n) is 13.1. The van der Waals surface area contributed by atoms with E-state index in [1.54, 1.807) is 5.57 Å². The first-order valence-electron chi connectivity index (χ1n) is 14.2. The molecule has 8 atom stereocenters. The van der Waals surface area contributed by atoms with Crippen LogP contribution in [-0.2, 0) is 4.74 Å². The van der Waals surface area contributed by atoms with Gasteiger partial charge in [-0.05, 0) is 104 Å². The predicted octanol–water partition coefficient (Wildman–Crippen LogP) is 7.80. The maximum absolute atomic E-state index is 9.07. The molecule has 0 bridgehead atoms. The van der Waals surface area contributed by atoms with Gasteiger partial charge in [-0.15, -0.1) is 0 Å². The van der Waals surface area contributed by atoms with Crippen molar-refractivity contribution in [3.05, 3.63) is 11.6 Å². The molecule has 0 amide bonds. The van der Waals surface area contributed by atoms with E-state index >= 15 is 0 Å². The van der Waals surface area contributed by atoms with Crippen LogP contribution in [0.25, 0.3) is 0 Å². The minimum Gasteiger partial charge on any atom is -0.396 e. The van der Waals surface area contributed by atoms with Crippen LogP contribution in [0.3, 0.4) is 0 Å². The van der Waals surface area contributed by atoms with Gasteiger partial charge in [-0.1, -0.05) is 65.5 Å². The van der Waals surface area contributed by atoms with Crippen molar-refractivity contribution < 1.29 is 9.84 Å². The van der Waals surface area contributed by atoms with E-state index in [4.69, 9.17) is 9.84 Å². The molecule has 3 fully saturated rings. The summed E-state index contributed by atoms with van der Waals surface area (Å²) in [6.45, 7) is 13.6. The fourth-order valence-electron chi connectivity index (χ4n) is 9.11. The molecule has 4 aliphatic rings. The minimum absolute atomic E-state index is 0.244. The lowest BCUT2D eigenvalue weighted by molar-refractivity contribution is -0.0645. The lowest BCUT2D eigenvalue weighted by Gasteiger charge is -2.58. The number of fused-ring (bicyclic) bond motifs is 5. The maximum Gasteiger partial charge on any atom is 0.0612 e. The number of allylic oxidation sites excluding steroid dienone is 1. The lowest BCUT2D eigenvalue weighted by atomic mass is 9.47. The molecule has 1 unspecified atom stereocenters. The second kappa shape index (κ2) is 10.1. The van der Waals surface area contributed by atoms with Crippen LogP contribution in [0.5, 0.6) is 0 Å². The third kappa shape index (κ3) is 4.61. The van der Waals surface area contributed by atoms with Crippen LogP contribution < -0.4 is 0 Å². The molecular formula is C30H52O2. The number of hydrogen-bond acceptors (Lipinski definition) is 2. The average molecular weight is 445 g/mol. The second-order valence-corrected chi connectivity index (χ2v) is 13.1. The normalized spacial score (nSPS) is 42.2. The molecular weight excluding hydrogens is 392 g/mol. The highest BCUT2D eigenvalue weighted by Gasteiger charge is 2.59. The largest absolute Gasteiger partial charge is 0.396 e. The van der Waals surface area contributed by atoms with Gasteiger partial charge in [-0.2, -0.15) is 0 Å². The first-order chi connectivity index (χ1) is 15.3. The third-order valence-corrected chi connectivity index (χ3v) is 10.9. The Morgan fingerprint density at radius 3 is 2.56 bits per heavy atom. The van der Waals surface area contributed by atoms with E-state index in [1.165, 1.54) is 64.2 Å². The molecule has 0 aliphatic heterocycles. The summed E-state index contributed by atoms with van der Waals surface area (Å²) in [6.07, 6.45) is 19.0. The number of aliphatic hydroxyl groups is 1. The van der Waals surface area contributed by atoms with Crippen molar-refractivity contribution in [3.8, 4) is 0 Å². The van der Waals surface area contributed by atoms with E-state index in [9.17, 15) is 0 Å². The van der Waals surface area contributed by atoms with Gasteiger partial charge in [-0.3, -0.25) is 0 Å². The Morgan fingerprint density at radius 1 is 1.00 bits per heavy atom. The summed E-state index contributed by atoms with van der Waals surface area (Å²) in [5.41, 5.74) is 2.73. The average Bonchev–Trinajstić information content (AvgIpc) is 3.11. The van der Waals surface area contributed by atoms with Gasteiger partial charge >= 0.3 is 0 Å². The van der Waals surface area contributed by atoms with E-state index in [0.29, 0.717) is 23.5 Å². The molecule has 0 aromatic carbocycles. The Labute approximate surface area is 199 Å². The Morgan fingerprint density at radius 2 is 1.81 bits per heavy atom. The summed E-state index contributed by atoms with van der Waals surface area (Å²) in [5.74, 6) is 5.47. The number of aliphatic hydroxyl groups excluding tert-OH is 1. The van der Waals surface area contributed by atoms with E-state index in [-0.39, 0.29) is 6.61 Å². The van der Waals surface area contributed by atoms with Gasteiger partial charge in [-0.25, -0.2) is 0 Å². The molecule has 32 heavy (non-hydrogen) atoms. The van der Waals surface area contributed by atoms with Crippen molar-refractivity contribution in [1.82, 2.24) is 0 Å². The smallest absolute Gasteiger partial charge is 0.0612 e. The fourth-order valence-corrected chi connectivity index (χ4v) is 9.11. The summed E-state index contributed by atoms with van der Waals surface area (Å²) in [7, 11) is 0. The molecule has 184 valence electrons. The quantitative estimate of drug-likeness (QED) is 0.290. The monoisotopic (exact) mass is 444 g/mol. The molecule has 0 radical (unpaired) electrons. The zero-order valence-electron chi connectivity index (χ0n) is 21.9. The Hall–Kier alpha value is -0.340. The minimum atomic E-state index is 0.244. The first kappa shape index (κ1) is 24.8. The van der Waals surface area contributed by atoms with Crippen LogP contribution in [0.1, 0.15) is 112 Å². The highest BCUT2D eigenvalue weighted by atomic mass is 16.5. The Balaban J connectivity index is 1.42. The predicted molar refractivity (Wildman–Crippen MR) is 134 cm³/mol. The summed E-state index contributed by atoms with van der Waals surface area (Å²) >= 11 is 0. The molecule has 4 rings (SSSR count). The summed E-state index contributed by atoms with van der Waals surface area (Å²) in [4.78, 5) is 0. The van der Waals surface area contributed by atoms with Gasteiger partial charge in [0.15, 0.2) is 0 Å². The highest BCUT2D eigenvalue weighted by molar-refractivity contribution is 5.25. The number of rotatable bonds is 9. The van der Waals surface area contributed by atoms with Crippen molar-refractivity contribution in [1.29, 1.82) is 0 Å². The molecule has 0 saturated heterocycles. The van der Waals surface area contributed by atoms with E-state index in [0.717, 1.165) is 48.3 Å². The van der Waals surface area contributed by atoms with Crippen molar-refractivity contribution in [3.63, 3.8) is 0 Å².